The van der Waals surface area contributed by atoms with Crippen molar-refractivity contribution >= 4 is 11.7 Å². The van der Waals surface area contributed by atoms with Crippen LogP contribution < -0.4 is 10.5 Å². The fourth-order valence-electron chi connectivity index (χ4n) is 1.60. The van der Waals surface area contributed by atoms with Crippen LogP contribution in [-0.2, 0) is 4.74 Å². The molecule has 1 aliphatic rings. The molecule has 0 aliphatic carbocycles. The van der Waals surface area contributed by atoms with E-state index in [4.69, 9.17) is 20.3 Å². The molecule has 0 bridgehead atoms. The number of carboxylic acid groups (broad SMARTS) is 1. The van der Waals surface area contributed by atoms with Crippen molar-refractivity contribution in [2.75, 3.05) is 25.6 Å². The summed E-state index contributed by atoms with van der Waals surface area (Å²) < 4.78 is 10.7. The maximum absolute atomic E-state index is 10.7. The van der Waals surface area contributed by atoms with Gasteiger partial charge in [0.1, 0.15) is 5.75 Å². The molecule has 3 N–H and O–H groups in total. The van der Waals surface area contributed by atoms with E-state index in [1.54, 1.807) is 6.07 Å². The van der Waals surface area contributed by atoms with E-state index < -0.39 is 5.97 Å². The van der Waals surface area contributed by atoms with Crippen LogP contribution in [0.1, 0.15) is 17.3 Å². The first-order chi connectivity index (χ1) is 8.00. The highest BCUT2D eigenvalue weighted by molar-refractivity contribution is 5.89. The lowest BCUT2D eigenvalue weighted by Crippen LogP contribution is -2.44. The fraction of sp³-hybridized carbons (Fsp3) is 0.417. The van der Waals surface area contributed by atoms with E-state index in [1.165, 1.54) is 12.1 Å². The Hall–Kier alpha value is -1.75. The number of carbonyl (C=O) groups is 1. The van der Waals surface area contributed by atoms with Crippen molar-refractivity contribution in [3.05, 3.63) is 23.8 Å². The number of rotatable bonds is 4. The summed E-state index contributed by atoms with van der Waals surface area (Å²) in [5, 5.41) is 8.79. The van der Waals surface area contributed by atoms with Crippen LogP contribution in [0.2, 0.25) is 0 Å². The molecule has 1 heterocycles. The van der Waals surface area contributed by atoms with Crippen LogP contribution in [0, 0.1) is 5.41 Å². The van der Waals surface area contributed by atoms with Gasteiger partial charge in [-0.1, -0.05) is 6.92 Å². The molecular weight excluding hydrogens is 222 g/mol. The van der Waals surface area contributed by atoms with Crippen molar-refractivity contribution in [3.63, 3.8) is 0 Å². The number of ether oxygens (including phenoxy) is 2. The maximum Gasteiger partial charge on any atom is 0.335 e. The lowest BCUT2D eigenvalue weighted by atomic mass is 9.90. The molecule has 92 valence electrons. The Bertz CT molecular complexity index is 440. The largest absolute Gasteiger partial charge is 0.491 e. The number of anilines is 1. The summed E-state index contributed by atoms with van der Waals surface area (Å²) >= 11 is 0. The molecule has 1 fully saturated rings. The number of nitrogens with two attached hydrogens (primary N) is 1. The van der Waals surface area contributed by atoms with Crippen LogP contribution in [0.5, 0.6) is 5.75 Å². The second-order valence-electron chi connectivity index (χ2n) is 4.65. The van der Waals surface area contributed by atoms with E-state index in [0.717, 1.165) is 0 Å². The first-order valence-electron chi connectivity index (χ1n) is 5.34. The fourth-order valence-corrected chi connectivity index (χ4v) is 1.60. The predicted octanol–water partition coefficient (Wildman–Crippen LogP) is 1.38. The monoisotopic (exact) mass is 237 g/mol. The minimum absolute atomic E-state index is 0.0396. The Morgan fingerprint density at radius 3 is 2.76 bits per heavy atom. The summed E-state index contributed by atoms with van der Waals surface area (Å²) in [6.07, 6.45) is 0. The standard InChI is InChI=1S/C12H15NO4/c1-12(5-16-6-12)7-17-10-3-2-8(11(14)15)4-9(10)13/h2-4H,5-7,13H2,1H3,(H,14,15). The molecule has 1 saturated heterocycles. The summed E-state index contributed by atoms with van der Waals surface area (Å²) in [6.45, 7) is 3.95. The summed E-state index contributed by atoms with van der Waals surface area (Å²) in [6, 6.07) is 4.46. The summed E-state index contributed by atoms with van der Waals surface area (Å²) in [5.74, 6) is -0.481. The first kappa shape index (κ1) is 11.7. The van der Waals surface area contributed by atoms with Gasteiger partial charge < -0.3 is 20.3 Å². The van der Waals surface area contributed by atoms with Gasteiger partial charge in [-0.3, -0.25) is 0 Å². The molecule has 0 aromatic heterocycles. The van der Waals surface area contributed by atoms with Crippen LogP contribution in [0.25, 0.3) is 0 Å². The van der Waals surface area contributed by atoms with E-state index >= 15 is 0 Å². The van der Waals surface area contributed by atoms with Crippen LogP contribution in [0.3, 0.4) is 0 Å². The highest BCUT2D eigenvalue weighted by Crippen LogP contribution is 2.29. The smallest absolute Gasteiger partial charge is 0.335 e. The molecule has 5 nitrogen and oxygen atoms in total. The SMILES string of the molecule is CC1(COc2ccc(C(=O)O)cc2N)COC1. The second-order valence-corrected chi connectivity index (χ2v) is 4.65. The number of carboxylic acids is 1. The van der Waals surface area contributed by atoms with Crippen LogP contribution >= 0.6 is 0 Å². The van der Waals surface area contributed by atoms with Crippen molar-refractivity contribution < 1.29 is 19.4 Å². The van der Waals surface area contributed by atoms with Crippen molar-refractivity contribution in [1.82, 2.24) is 0 Å². The summed E-state index contributed by atoms with van der Waals surface area (Å²) in [5.41, 5.74) is 6.27. The van der Waals surface area contributed by atoms with E-state index in [1.807, 2.05) is 0 Å². The Balaban J connectivity index is 2.03. The van der Waals surface area contributed by atoms with Gasteiger partial charge in [0.15, 0.2) is 0 Å². The molecule has 0 atom stereocenters. The van der Waals surface area contributed by atoms with E-state index in [-0.39, 0.29) is 11.0 Å². The normalized spacial score (nSPS) is 17.2. The van der Waals surface area contributed by atoms with E-state index in [0.29, 0.717) is 31.3 Å². The van der Waals surface area contributed by atoms with Gasteiger partial charge >= 0.3 is 5.97 Å². The molecule has 5 heteroatoms. The van der Waals surface area contributed by atoms with Crippen molar-refractivity contribution in [2.24, 2.45) is 5.41 Å². The van der Waals surface area contributed by atoms with E-state index in [9.17, 15) is 4.79 Å². The Labute approximate surface area is 99.1 Å². The minimum Gasteiger partial charge on any atom is -0.491 e. The Morgan fingerprint density at radius 2 is 2.29 bits per heavy atom. The minimum atomic E-state index is -0.998. The molecule has 0 spiro atoms. The number of hydrogen-bond acceptors (Lipinski definition) is 4. The average Bonchev–Trinajstić information content (AvgIpc) is 2.24. The third kappa shape index (κ3) is 2.50. The second kappa shape index (κ2) is 4.25. The van der Waals surface area contributed by atoms with Gasteiger partial charge in [0, 0.05) is 5.41 Å². The van der Waals surface area contributed by atoms with Gasteiger partial charge in [-0.15, -0.1) is 0 Å². The molecular formula is C12H15NO4. The zero-order chi connectivity index (χ0) is 12.5. The molecule has 0 saturated carbocycles. The van der Waals surface area contributed by atoms with Crippen LogP contribution in [0.15, 0.2) is 18.2 Å². The quantitative estimate of drug-likeness (QED) is 0.773. The number of benzene rings is 1. The van der Waals surface area contributed by atoms with Crippen LogP contribution in [0.4, 0.5) is 5.69 Å². The zero-order valence-electron chi connectivity index (χ0n) is 9.60. The molecule has 0 radical (unpaired) electrons. The van der Waals surface area contributed by atoms with E-state index in [2.05, 4.69) is 6.92 Å². The number of hydrogen-bond donors (Lipinski definition) is 2. The van der Waals surface area contributed by atoms with Crippen molar-refractivity contribution in [1.29, 1.82) is 0 Å². The third-order valence-corrected chi connectivity index (χ3v) is 2.73. The third-order valence-electron chi connectivity index (χ3n) is 2.73. The van der Waals surface area contributed by atoms with Crippen molar-refractivity contribution in [3.8, 4) is 5.75 Å². The molecule has 0 unspecified atom stereocenters. The lowest BCUT2D eigenvalue weighted by molar-refractivity contribution is -0.120. The Kier molecular flexibility index (Phi) is 2.93. The summed E-state index contributed by atoms with van der Waals surface area (Å²) in [4.78, 5) is 10.7. The number of nitrogen functional groups attached to an aromatic ring is 1. The highest BCUT2D eigenvalue weighted by atomic mass is 16.5. The predicted molar refractivity (Wildman–Crippen MR) is 62.2 cm³/mol. The molecule has 2 rings (SSSR count). The maximum atomic E-state index is 10.7. The topological polar surface area (TPSA) is 81.8 Å². The van der Waals surface area contributed by atoms with Gasteiger partial charge in [0.2, 0.25) is 0 Å². The zero-order valence-corrected chi connectivity index (χ0v) is 9.60. The van der Waals surface area contributed by atoms with Gasteiger partial charge in [-0.2, -0.15) is 0 Å². The van der Waals surface area contributed by atoms with Gasteiger partial charge in [-0.25, -0.2) is 4.79 Å². The van der Waals surface area contributed by atoms with Gasteiger partial charge in [0.25, 0.3) is 0 Å². The average molecular weight is 237 g/mol. The highest BCUT2D eigenvalue weighted by Gasteiger charge is 2.34. The lowest BCUT2D eigenvalue weighted by Gasteiger charge is -2.37. The van der Waals surface area contributed by atoms with Gasteiger partial charge in [-0.05, 0) is 18.2 Å². The Morgan fingerprint density at radius 1 is 1.59 bits per heavy atom. The number of aromatic carboxylic acids is 1. The van der Waals surface area contributed by atoms with Crippen LogP contribution in [-0.4, -0.2) is 30.9 Å². The first-order valence-corrected chi connectivity index (χ1v) is 5.34. The van der Waals surface area contributed by atoms with Crippen molar-refractivity contribution in [2.45, 2.75) is 6.92 Å². The molecule has 1 aliphatic heterocycles. The molecule has 1 aromatic rings. The molecule has 1 aromatic carbocycles. The molecule has 17 heavy (non-hydrogen) atoms. The van der Waals surface area contributed by atoms with Gasteiger partial charge in [0.05, 0.1) is 31.1 Å². The molecule has 0 amide bonds. The summed E-state index contributed by atoms with van der Waals surface area (Å²) in [7, 11) is 0.